The van der Waals surface area contributed by atoms with E-state index in [0.717, 1.165) is 17.9 Å². The summed E-state index contributed by atoms with van der Waals surface area (Å²) in [6, 6.07) is 5.14. The SMILES string of the molecule is C[C@H](O)c1cc(F)ccc1N(C)C1CCSC1. The van der Waals surface area contributed by atoms with Crippen molar-refractivity contribution < 1.29 is 9.50 Å². The summed E-state index contributed by atoms with van der Waals surface area (Å²) < 4.78 is 13.2. The van der Waals surface area contributed by atoms with E-state index in [1.807, 2.05) is 18.8 Å². The molecule has 0 radical (unpaired) electrons. The summed E-state index contributed by atoms with van der Waals surface area (Å²) in [5.41, 5.74) is 1.61. The monoisotopic (exact) mass is 255 g/mol. The van der Waals surface area contributed by atoms with E-state index in [1.165, 1.54) is 17.9 Å². The van der Waals surface area contributed by atoms with Gasteiger partial charge < -0.3 is 10.0 Å². The van der Waals surface area contributed by atoms with Crippen molar-refractivity contribution in [2.75, 3.05) is 23.5 Å². The average Bonchev–Trinajstić information content (AvgIpc) is 2.81. The number of hydrogen-bond acceptors (Lipinski definition) is 3. The number of aliphatic hydroxyl groups is 1. The number of halogens is 1. The molecule has 1 aromatic carbocycles. The zero-order chi connectivity index (χ0) is 12.4. The fourth-order valence-corrected chi connectivity index (χ4v) is 3.47. The lowest BCUT2D eigenvalue weighted by molar-refractivity contribution is 0.199. The lowest BCUT2D eigenvalue weighted by atomic mass is 10.1. The van der Waals surface area contributed by atoms with Crippen LogP contribution in [0.4, 0.5) is 10.1 Å². The number of rotatable bonds is 3. The van der Waals surface area contributed by atoms with Gasteiger partial charge in [-0.1, -0.05) is 0 Å². The summed E-state index contributed by atoms with van der Waals surface area (Å²) in [5, 5.41) is 9.72. The van der Waals surface area contributed by atoms with Crippen LogP contribution in [-0.4, -0.2) is 29.7 Å². The predicted molar refractivity (Wildman–Crippen MR) is 71.2 cm³/mol. The molecule has 0 aliphatic carbocycles. The van der Waals surface area contributed by atoms with Crippen LogP contribution < -0.4 is 4.90 Å². The fourth-order valence-electron chi connectivity index (χ4n) is 2.21. The molecule has 2 rings (SSSR count). The highest BCUT2D eigenvalue weighted by Crippen LogP contribution is 2.31. The Kier molecular flexibility index (Phi) is 3.94. The Bertz CT molecular complexity index is 391. The molecule has 2 atom stereocenters. The first-order chi connectivity index (χ1) is 8.09. The van der Waals surface area contributed by atoms with Crippen LogP contribution in [-0.2, 0) is 0 Å². The van der Waals surface area contributed by atoms with Crippen molar-refractivity contribution in [3.63, 3.8) is 0 Å². The first kappa shape index (κ1) is 12.7. The fraction of sp³-hybridized carbons (Fsp3) is 0.538. The number of hydrogen-bond donors (Lipinski definition) is 1. The van der Waals surface area contributed by atoms with Crippen LogP contribution in [0, 0.1) is 5.82 Å². The molecule has 17 heavy (non-hydrogen) atoms. The number of thioether (sulfide) groups is 1. The van der Waals surface area contributed by atoms with Gasteiger partial charge in [-0.3, -0.25) is 0 Å². The smallest absolute Gasteiger partial charge is 0.123 e. The number of aliphatic hydroxyl groups excluding tert-OH is 1. The van der Waals surface area contributed by atoms with Gasteiger partial charge in [0.2, 0.25) is 0 Å². The van der Waals surface area contributed by atoms with E-state index in [-0.39, 0.29) is 5.82 Å². The van der Waals surface area contributed by atoms with Crippen LogP contribution in [0.1, 0.15) is 25.0 Å². The molecule has 2 nitrogen and oxygen atoms in total. The van der Waals surface area contributed by atoms with Gasteiger partial charge in [0.1, 0.15) is 5.82 Å². The van der Waals surface area contributed by atoms with E-state index in [4.69, 9.17) is 0 Å². The van der Waals surface area contributed by atoms with Crippen molar-refractivity contribution in [2.24, 2.45) is 0 Å². The van der Waals surface area contributed by atoms with Gasteiger partial charge in [0.15, 0.2) is 0 Å². The molecule has 0 amide bonds. The second-order valence-corrected chi connectivity index (χ2v) is 5.66. The van der Waals surface area contributed by atoms with Crippen molar-refractivity contribution in [1.82, 2.24) is 0 Å². The topological polar surface area (TPSA) is 23.5 Å². The van der Waals surface area contributed by atoms with E-state index in [0.29, 0.717) is 11.6 Å². The van der Waals surface area contributed by atoms with Gasteiger partial charge in [-0.2, -0.15) is 11.8 Å². The van der Waals surface area contributed by atoms with Crippen LogP contribution in [0.15, 0.2) is 18.2 Å². The standard InChI is InChI=1S/C13H18FNOS/c1-9(16)12-7-10(14)3-4-13(12)15(2)11-5-6-17-8-11/h3-4,7,9,11,16H,5-6,8H2,1-2H3/t9-,11?/m0/s1. The van der Waals surface area contributed by atoms with Crippen LogP contribution >= 0.6 is 11.8 Å². The Morgan fingerprint density at radius 2 is 2.29 bits per heavy atom. The molecule has 0 saturated carbocycles. The van der Waals surface area contributed by atoms with E-state index < -0.39 is 6.10 Å². The minimum absolute atomic E-state index is 0.293. The zero-order valence-corrected chi connectivity index (χ0v) is 11.0. The summed E-state index contributed by atoms with van der Waals surface area (Å²) >= 11 is 1.94. The molecule has 0 spiro atoms. The van der Waals surface area contributed by atoms with Gasteiger partial charge in [0.25, 0.3) is 0 Å². The summed E-state index contributed by atoms with van der Waals surface area (Å²) in [5.74, 6) is 1.99. The first-order valence-corrected chi connectivity index (χ1v) is 7.03. The third kappa shape index (κ3) is 2.75. The molecule has 1 aliphatic heterocycles. The first-order valence-electron chi connectivity index (χ1n) is 5.87. The maximum Gasteiger partial charge on any atom is 0.123 e. The molecule has 0 aromatic heterocycles. The van der Waals surface area contributed by atoms with Gasteiger partial charge in [-0.25, -0.2) is 4.39 Å². The summed E-state index contributed by atoms with van der Waals surface area (Å²) in [6.07, 6.45) is 0.509. The van der Waals surface area contributed by atoms with Crippen LogP contribution in [0.2, 0.25) is 0 Å². The molecule has 1 heterocycles. The van der Waals surface area contributed by atoms with E-state index in [1.54, 1.807) is 13.0 Å². The Hall–Kier alpha value is -0.740. The third-order valence-corrected chi connectivity index (χ3v) is 4.42. The Labute approximate surface area is 106 Å². The highest BCUT2D eigenvalue weighted by atomic mass is 32.2. The molecule has 94 valence electrons. The molecule has 0 bridgehead atoms. The molecule has 1 fully saturated rings. The van der Waals surface area contributed by atoms with E-state index in [9.17, 15) is 9.50 Å². The van der Waals surface area contributed by atoms with Crippen molar-refractivity contribution in [3.8, 4) is 0 Å². The van der Waals surface area contributed by atoms with Gasteiger partial charge in [0.05, 0.1) is 6.10 Å². The second-order valence-electron chi connectivity index (χ2n) is 4.51. The largest absolute Gasteiger partial charge is 0.389 e. The van der Waals surface area contributed by atoms with Crippen molar-refractivity contribution in [2.45, 2.75) is 25.5 Å². The Morgan fingerprint density at radius 3 is 2.88 bits per heavy atom. The molecular weight excluding hydrogens is 237 g/mol. The molecular formula is C13H18FNOS. The highest BCUT2D eigenvalue weighted by Gasteiger charge is 2.23. The normalized spacial score (nSPS) is 21.5. The van der Waals surface area contributed by atoms with Gasteiger partial charge in [0, 0.05) is 30.1 Å². The molecule has 1 aromatic rings. The molecule has 4 heteroatoms. The zero-order valence-electron chi connectivity index (χ0n) is 10.2. The van der Waals surface area contributed by atoms with Crippen molar-refractivity contribution in [1.29, 1.82) is 0 Å². The van der Waals surface area contributed by atoms with Gasteiger partial charge in [-0.15, -0.1) is 0 Å². The van der Waals surface area contributed by atoms with Gasteiger partial charge >= 0.3 is 0 Å². The summed E-state index contributed by atoms with van der Waals surface area (Å²) in [6.45, 7) is 1.68. The lowest BCUT2D eigenvalue weighted by Gasteiger charge is -2.29. The lowest BCUT2D eigenvalue weighted by Crippen LogP contribution is -2.32. The minimum Gasteiger partial charge on any atom is -0.389 e. The van der Waals surface area contributed by atoms with E-state index in [2.05, 4.69) is 4.90 Å². The number of nitrogens with zero attached hydrogens (tertiary/aromatic N) is 1. The second kappa shape index (κ2) is 5.27. The predicted octanol–water partition coefficient (Wildman–Crippen LogP) is 2.82. The Morgan fingerprint density at radius 1 is 1.53 bits per heavy atom. The third-order valence-electron chi connectivity index (χ3n) is 3.27. The van der Waals surface area contributed by atoms with Crippen LogP contribution in [0.5, 0.6) is 0 Å². The average molecular weight is 255 g/mol. The maximum absolute atomic E-state index is 13.2. The minimum atomic E-state index is -0.641. The van der Waals surface area contributed by atoms with Crippen LogP contribution in [0.3, 0.4) is 0 Å². The molecule has 1 saturated heterocycles. The van der Waals surface area contributed by atoms with Crippen molar-refractivity contribution >= 4 is 17.4 Å². The van der Waals surface area contributed by atoms with Crippen LogP contribution in [0.25, 0.3) is 0 Å². The number of anilines is 1. The number of benzene rings is 1. The Balaban J connectivity index is 2.29. The van der Waals surface area contributed by atoms with Crippen molar-refractivity contribution in [3.05, 3.63) is 29.6 Å². The summed E-state index contributed by atoms with van der Waals surface area (Å²) in [4.78, 5) is 2.17. The van der Waals surface area contributed by atoms with Gasteiger partial charge in [-0.05, 0) is 37.3 Å². The molecule has 1 N–H and O–H groups in total. The highest BCUT2D eigenvalue weighted by molar-refractivity contribution is 7.99. The van der Waals surface area contributed by atoms with E-state index >= 15 is 0 Å². The molecule has 1 unspecified atom stereocenters. The molecule has 1 aliphatic rings. The maximum atomic E-state index is 13.2. The quantitative estimate of drug-likeness (QED) is 0.898. The summed E-state index contributed by atoms with van der Waals surface area (Å²) in [7, 11) is 2.02.